The molecule has 0 spiro atoms. The number of benzene rings is 1. The Hall–Kier alpha value is -0.730. The maximum atomic E-state index is 9.34. The SMILES string of the molecule is CCCN(c1cc(Cl)ccc1CO)C(C)C. The van der Waals surface area contributed by atoms with Crippen molar-refractivity contribution in [2.24, 2.45) is 0 Å². The number of hydrogen-bond donors (Lipinski definition) is 1. The summed E-state index contributed by atoms with van der Waals surface area (Å²) in [5, 5.41) is 10.1. The average Bonchev–Trinajstić information content (AvgIpc) is 2.25. The summed E-state index contributed by atoms with van der Waals surface area (Å²) in [6, 6.07) is 6.05. The summed E-state index contributed by atoms with van der Waals surface area (Å²) in [7, 11) is 0. The molecule has 0 radical (unpaired) electrons. The van der Waals surface area contributed by atoms with Crippen LogP contribution in [0.1, 0.15) is 32.8 Å². The van der Waals surface area contributed by atoms with Crippen molar-refractivity contribution < 1.29 is 5.11 Å². The molecule has 0 aliphatic carbocycles. The smallest absolute Gasteiger partial charge is 0.0702 e. The van der Waals surface area contributed by atoms with Crippen LogP contribution in [0.4, 0.5) is 5.69 Å². The van der Waals surface area contributed by atoms with Crippen LogP contribution in [0.25, 0.3) is 0 Å². The molecule has 1 rings (SSSR count). The van der Waals surface area contributed by atoms with E-state index in [1.807, 2.05) is 18.2 Å². The Morgan fingerprint density at radius 2 is 2.06 bits per heavy atom. The molecule has 0 aliphatic rings. The van der Waals surface area contributed by atoms with Crippen LogP contribution >= 0.6 is 11.6 Å². The molecule has 90 valence electrons. The highest BCUT2D eigenvalue weighted by molar-refractivity contribution is 6.30. The highest BCUT2D eigenvalue weighted by atomic mass is 35.5. The van der Waals surface area contributed by atoms with Gasteiger partial charge in [-0.1, -0.05) is 24.6 Å². The van der Waals surface area contributed by atoms with E-state index in [2.05, 4.69) is 25.7 Å². The maximum absolute atomic E-state index is 9.34. The monoisotopic (exact) mass is 241 g/mol. The van der Waals surface area contributed by atoms with Crippen molar-refractivity contribution in [3.8, 4) is 0 Å². The van der Waals surface area contributed by atoms with Crippen LogP contribution in [0.5, 0.6) is 0 Å². The first kappa shape index (κ1) is 13.3. The van der Waals surface area contributed by atoms with E-state index >= 15 is 0 Å². The summed E-state index contributed by atoms with van der Waals surface area (Å²) in [5.74, 6) is 0. The second-order valence-corrected chi connectivity index (χ2v) is 4.65. The number of hydrogen-bond acceptors (Lipinski definition) is 2. The molecule has 0 fully saturated rings. The molecule has 1 aromatic carbocycles. The number of aliphatic hydroxyl groups is 1. The van der Waals surface area contributed by atoms with Gasteiger partial charge in [0.15, 0.2) is 0 Å². The van der Waals surface area contributed by atoms with Gasteiger partial charge in [-0.15, -0.1) is 0 Å². The Morgan fingerprint density at radius 1 is 1.38 bits per heavy atom. The van der Waals surface area contributed by atoms with Crippen LogP contribution in [0.3, 0.4) is 0 Å². The molecular formula is C13H20ClNO. The molecular weight excluding hydrogens is 222 g/mol. The molecule has 0 bridgehead atoms. The molecule has 0 heterocycles. The molecule has 1 aromatic rings. The Kier molecular flexibility index (Phi) is 5.10. The van der Waals surface area contributed by atoms with Crippen molar-refractivity contribution in [1.29, 1.82) is 0 Å². The van der Waals surface area contributed by atoms with E-state index in [1.54, 1.807) is 0 Å². The third-order valence-electron chi connectivity index (χ3n) is 2.61. The van der Waals surface area contributed by atoms with Gasteiger partial charge in [-0.2, -0.15) is 0 Å². The topological polar surface area (TPSA) is 23.5 Å². The van der Waals surface area contributed by atoms with Gasteiger partial charge < -0.3 is 10.0 Å². The number of halogens is 1. The van der Waals surface area contributed by atoms with Crippen molar-refractivity contribution >= 4 is 17.3 Å². The van der Waals surface area contributed by atoms with E-state index in [0.29, 0.717) is 11.1 Å². The molecule has 0 aliphatic heterocycles. The molecule has 1 N–H and O–H groups in total. The van der Waals surface area contributed by atoms with Crippen LogP contribution in [-0.2, 0) is 6.61 Å². The van der Waals surface area contributed by atoms with Crippen molar-refractivity contribution in [3.63, 3.8) is 0 Å². The molecule has 0 atom stereocenters. The summed E-state index contributed by atoms with van der Waals surface area (Å²) in [5.41, 5.74) is 1.98. The molecule has 3 heteroatoms. The van der Waals surface area contributed by atoms with Crippen molar-refractivity contribution in [3.05, 3.63) is 28.8 Å². The fourth-order valence-corrected chi connectivity index (χ4v) is 2.00. The Bertz CT molecular complexity index is 339. The predicted octanol–water partition coefficient (Wildman–Crippen LogP) is 3.46. The number of rotatable bonds is 5. The minimum Gasteiger partial charge on any atom is -0.392 e. The quantitative estimate of drug-likeness (QED) is 0.854. The lowest BCUT2D eigenvalue weighted by atomic mass is 10.1. The van der Waals surface area contributed by atoms with Gasteiger partial charge in [-0.3, -0.25) is 0 Å². The zero-order chi connectivity index (χ0) is 12.1. The molecule has 0 saturated heterocycles. The number of aliphatic hydroxyl groups excluding tert-OH is 1. The fourth-order valence-electron chi connectivity index (χ4n) is 1.84. The van der Waals surface area contributed by atoms with E-state index in [0.717, 1.165) is 24.2 Å². The van der Waals surface area contributed by atoms with E-state index in [-0.39, 0.29) is 6.61 Å². The minimum atomic E-state index is 0.0550. The molecule has 0 aromatic heterocycles. The number of anilines is 1. The third kappa shape index (κ3) is 3.13. The van der Waals surface area contributed by atoms with Crippen LogP contribution in [0, 0.1) is 0 Å². The summed E-state index contributed by atoms with van der Waals surface area (Å²) in [4.78, 5) is 2.28. The van der Waals surface area contributed by atoms with E-state index in [9.17, 15) is 5.11 Å². The van der Waals surface area contributed by atoms with Gasteiger partial charge in [-0.25, -0.2) is 0 Å². The van der Waals surface area contributed by atoms with Crippen LogP contribution in [0.15, 0.2) is 18.2 Å². The van der Waals surface area contributed by atoms with Crippen molar-refractivity contribution in [1.82, 2.24) is 0 Å². The summed E-state index contributed by atoms with van der Waals surface area (Å²) < 4.78 is 0. The maximum Gasteiger partial charge on any atom is 0.0702 e. The Labute approximate surface area is 103 Å². The lowest BCUT2D eigenvalue weighted by Gasteiger charge is -2.30. The second-order valence-electron chi connectivity index (χ2n) is 4.22. The van der Waals surface area contributed by atoms with Crippen LogP contribution < -0.4 is 4.90 Å². The highest BCUT2D eigenvalue weighted by Crippen LogP contribution is 2.26. The zero-order valence-corrected chi connectivity index (χ0v) is 11.0. The Balaban J connectivity index is 3.10. The molecule has 0 amide bonds. The first-order valence-corrected chi connectivity index (χ1v) is 6.13. The lowest BCUT2D eigenvalue weighted by molar-refractivity contribution is 0.282. The summed E-state index contributed by atoms with van der Waals surface area (Å²) in [6.07, 6.45) is 1.08. The molecule has 2 nitrogen and oxygen atoms in total. The molecule has 0 saturated carbocycles. The second kappa shape index (κ2) is 6.12. The first-order valence-electron chi connectivity index (χ1n) is 5.76. The number of nitrogens with zero attached hydrogens (tertiary/aromatic N) is 1. The first-order chi connectivity index (χ1) is 7.60. The minimum absolute atomic E-state index is 0.0550. The summed E-state index contributed by atoms with van der Waals surface area (Å²) >= 11 is 6.01. The van der Waals surface area contributed by atoms with E-state index < -0.39 is 0 Å². The standard InChI is InChI=1S/C13H20ClNO/c1-4-7-15(10(2)3)13-8-12(14)6-5-11(13)9-16/h5-6,8,10,16H,4,7,9H2,1-3H3. The summed E-state index contributed by atoms with van der Waals surface area (Å²) in [6.45, 7) is 7.48. The predicted molar refractivity (Wildman–Crippen MR) is 70.1 cm³/mol. The lowest BCUT2D eigenvalue weighted by Crippen LogP contribution is -2.32. The highest BCUT2D eigenvalue weighted by Gasteiger charge is 2.13. The normalized spacial score (nSPS) is 10.9. The van der Waals surface area contributed by atoms with E-state index in [4.69, 9.17) is 11.6 Å². The van der Waals surface area contributed by atoms with Gasteiger partial charge in [0.1, 0.15) is 0 Å². The largest absolute Gasteiger partial charge is 0.392 e. The van der Waals surface area contributed by atoms with Gasteiger partial charge in [0.05, 0.1) is 6.61 Å². The van der Waals surface area contributed by atoms with Crippen molar-refractivity contribution in [2.75, 3.05) is 11.4 Å². The van der Waals surface area contributed by atoms with Gasteiger partial charge in [0.25, 0.3) is 0 Å². The van der Waals surface area contributed by atoms with Gasteiger partial charge in [-0.05, 0) is 32.4 Å². The third-order valence-corrected chi connectivity index (χ3v) is 2.85. The molecule has 0 unspecified atom stereocenters. The average molecular weight is 242 g/mol. The van der Waals surface area contributed by atoms with Crippen molar-refractivity contribution in [2.45, 2.75) is 39.8 Å². The zero-order valence-electron chi connectivity index (χ0n) is 10.2. The molecule has 16 heavy (non-hydrogen) atoms. The van der Waals surface area contributed by atoms with Gasteiger partial charge in [0, 0.05) is 28.9 Å². The van der Waals surface area contributed by atoms with Gasteiger partial charge in [0.2, 0.25) is 0 Å². The van der Waals surface area contributed by atoms with Crippen LogP contribution in [-0.4, -0.2) is 17.7 Å². The van der Waals surface area contributed by atoms with Crippen LogP contribution in [0.2, 0.25) is 5.02 Å². The van der Waals surface area contributed by atoms with E-state index in [1.165, 1.54) is 0 Å². The van der Waals surface area contributed by atoms with Gasteiger partial charge >= 0.3 is 0 Å². The Morgan fingerprint density at radius 3 is 2.56 bits per heavy atom. The fraction of sp³-hybridized carbons (Fsp3) is 0.538.